The number of rotatable bonds is 6. The molecule has 0 unspecified atom stereocenters. The molecule has 0 saturated carbocycles. The molecule has 0 aliphatic rings. The molecular formula is C11H16BrClN2O3S. The molecule has 1 aromatic rings. The number of halogens is 2. The highest BCUT2D eigenvalue weighted by Gasteiger charge is 2.19. The third kappa shape index (κ3) is 5.27. The zero-order valence-electron chi connectivity index (χ0n) is 10.7. The third-order valence-electron chi connectivity index (χ3n) is 2.28. The first-order valence-corrected chi connectivity index (χ1v) is 8.23. The fourth-order valence-corrected chi connectivity index (χ4v) is 3.23. The van der Waals surface area contributed by atoms with E-state index in [-0.39, 0.29) is 15.7 Å². The minimum Gasteiger partial charge on any atom is -0.491 e. The predicted molar refractivity (Wildman–Crippen MR) is 79.2 cm³/mol. The monoisotopic (exact) mass is 370 g/mol. The molecule has 19 heavy (non-hydrogen) atoms. The van der Waals surface area contributed by atoms with Crippen LogP contribution < -0.4 is 9.88 Å². The quantitative estimate of drug-likeness (QED) is 0.777. The SMILES string of the molecule is CN(C)CCCOc1c(Cl)cc(Br)cc1S(N)(=O)=O. The molecular weight excluding hydrogens is 356 g/mol. The molecule has 8 heteroatoms. The van der Waals surface area contributed by atoms with Gasteiger partial charge in [0.25, 0.3) is 0 Å². The fourth-order valence-electron chi connectivity index (χ4n) is 1.44. The Balaban J connectivity index is 2.93. The highest BCUT2D eigenvalue weighted by Crippen LogP contribution is 2.34. The number of ether oxygens (including phenoxy) is 1. The summed E-state index contributed by atoms with van der Waals surface area (Å²) in [5.74, 6) is 0.103. The van der Waals surface area contributed by atoms with E-state index in [2.05, 4.69) is 15.9 Å². The Morgan fingerprint density at radius 3 is 2.58 bits per heavy atom. The second kappa shape index (κ2) is 6.90. The summed E-state index contributed by atoms with van der Waals surface area (Å²) in [5, 5.41) is 5.36. The molecule has 0 heterocycles. The van der Waals surface area contributed by atoms with Gasteiger partial charge in [0.2, 0.25) is 10.0 Å². The Bertz CT molecular complexity index is 549. The molecule has 108 valence electrons. The smallest absolute Gasteiger partial charge is 0.241 e. The summed E-state index contributed by atoms with van der Waals surface area (Å²) in [6.07, 6.45) is 0.753. The molecule has 0 aliphatic heterocycles. The van der Waals surface area contributed by atoms with E-state index in [1.807, 2.05) is 19.0 Å². The van der Waals surface area contributed by atoms with E-state index in [0.717, 1.165) is 13.0 Å². The molecule has 0 radical (unpaired) electrons. The highest BCUT2D eigenvalue weighted by atomic mass is 79.9. The molecule has 0 amide bonds. The lowest BCUT2D eigenvalue weighted by Crippen LogP contribution is -2.17. The number of hydrogen-bond donors (Lipinski definition) is 1. The number of nitrogens with two attached hydrogens (primary N) is 1. The van der Waals surface area contributed by atoms with Crippen LogP contribution in [0.4, 0.5) is 0 Å². The van der Waals surface area contributed by atoms with Gasteiger partial charge in [-0.25, -0.2) is 13.6 Å². The van der Waals surface area contributed by atoms with Crippen LogP contribution in [0.1, 0.15) is 6.42 Å². The Labute approximate surface area is 126 Å². The Kier molecular flexibility index (Phi) is 6.07. The molecule has 5 nitrogen and oxygen atoms in total. The van der Waals surface area contributed by atoms with Crippen molar-refractivity contribution in [3.63, 3.8) is 0 Å². The van der Waals surface area contributed by atoms with Gasteiger partial charge in [-0.2, -0.15) is 0 Å². The summed E-state index contributed by atoms with van der Waals surface area (Å²) >= 11 is 9.17. The van der Waals surface area contributed by atoms with Crippen LogP contribution in [-0.4, -0.2) is 40.6 Å². The van der Waals surface area contributed by atoms with Gasteiger partial charge in [0, 0.05) is 11.0 Å². The van der Waals surface area contributed by atoms with Gasteiger partial charge in [0.1, 0.15) is 4.90 Å². The zero-order valence-corrected chi connectivity index (χ0v) is 13.8. The van der Waals surface area contributed by atoms with E-state index in [0.29, 0.717) is 11.1 Å². The summed E-state index contributed by atoms with van der Waals surface area (Å²) in [7, 11) is 0.0118. The third-order valence-corrected chi connectivity index (χ3v) is 3.93. The maximum absolute atomic E-state index is 11.5. The normalized spacial score (nSPS) is 11.9. The molecule has 0 aliphatic carbocycles. The first-order chi connectivity index (χ1) is 8.71. The number of benzene rings is 1. The second-order valence-electron chi connectivity index (χ2n) is 4.27. The van der Waals surface area contributed by atoms with E-state index >= 15 is 0 Å². The summed E-state index contributed by atoms with van der Waals surface area (Å²) < 4.78 is 29.0. The summed E-state index contributed by atoms with van der Waals surface area (Å²) in [4.78, 5) is 1.89. The molecule has 1 rings (SSSR count). The number of sulfonamides is 1. The lowest BCUT2D eigenvalue weighted by atomic mass is 10.3. The van der Waals surface area contributed by atoms with Gasteiger partial charge in [-0.15, -0.1) is 0 Å². The van der Waals surface area contributed by atoms with Crippen LogP contribution in [0.5, 0.6) is 5.75 Å². The minimum absolute atomic E-state index is 0.103. The zero-order chi connectivity index (χ0) is 14.6. The van der Waals surface area contributed by atoms with E-state index in [4.69, 9.17) is 21.5 Å². The van der Waals surface area contributed by atoms with Crippen LogP contribution in [0.2, 0.25) is 5.02 Å². The molecule has 2 N–H and O–H groups in total. The maximum atomic E-state index is 11.5. The van der Waals surface area contributed by atoms with Gasteiger partial charge < -0.3 is 9.64 Å². The Morgan fingerprint density at radius 2 is 2.05 bits per heavy atom. The fraction of sp³-hybridized carbons (Fsp3) is 0.455. The van der Waals surface area contributed by atoms with Crippen molar-refractivity contribution in [2.75, 3.05) is 27.2 Å². The van der Waals surface area contributed by atoms with Crippen LogP contribution >= 0.6 is 27.5 Å². The van der Waals surface area contributed by atoms with Crippen molar-refractivity contribution in [3.05, 3.63) is 21.6 Å². The molecule has 0 aromatic heterocycles. The van der Waals surface area contributed by atoms with Crippen molar-refractivity contribution in [2.45, 2.75) is 11.3 Å². The molecule has 1 aromatic carbocycles. The van der Waals surface area contributed by atoms with E-state index in [1.165, 1.54) is 6.07 Å². The molecule has 0 atom stereocenters. The second-order valence-corrected chi connectivity index (χ2v) is 7.12. The molecule has 0 fully saturated rings. The van der Waals surface area contributed by atoms with Crippen molar-refractivity contribution in [2.24, 2.45) is 5.14 Å². The number of primary sulfonamides is 1. The van der Waals surface area contributed by atoms with Crippen LogP contribution in [-0.2, 0) is 10.0 Å². The van der Waals surface area contributed by atoms with Crippen molar-refractivity contribution in [3.8, 4) is 5.75 Å². The van der Waals surface area contributed by atoms with Crippen LogP contribution in [0.15, 0.2) is 21.5 Å². The van der Waals surface area contributed by atoms with Gasteiger partial charge in [-0.1, -0.05) is 27.5 Å². The van der Waals surface area contributed by atoms with Crippen LogP contribution in [0, 0.1) is 0 Å². The van der Waals surface area contributed by atoms with Crippen molar-refractivity contribution < 1.29 is 13.2 Å². The maximum Gasteiger partial charge on any atom is 0.241 e. The number of nitrogens with zero attached hydrogens (tertiary/aromatic N) is 1. The average molecular weight is 372 g/mol. The molecule has 0 bridgehead atoms. The van der Waals surface area contributed by atoms with Gasteiger partial charge in [-0.3, -0.25) is 0 Å². The largest absolute Gasteiger partial charge is 0.491 e. The topological polar surface area (TPSA) is 72.6 Å². The van der Waals surface area contributed by atoms with E-state index in [9.17, 15) is 8.42 Å². The van der Waals surface area contributed by atoms with Gasteiger partial charge in [0.15, 0.2) is 5.75 Å². The molecule has 0 spiro atoms. The van der Waals surface area contributed by atoms with Crippen LogP contribution in [0.3, 0.4) is 0 Å². The summed E-state index contributed by atoms with van der Waals surface area (Å²) in [6.45, 7) is 1.20. The first kappa shape index (κ1) is 16.7. The predicted octanol–water partition coefficient (Wildman–Crippen LogP) is 2.08. The minimum atomic E-state index is -3.88. The summed E-state index contributed by atoms with van der Waals surface area (Å²) in [5.41, 5.74) is 0. The lowest BCUT2D eigenvalue weighted by molar-refractivity contribution is 0.276. The van der Waals surface area contributed by atoms with Crippen molar-refractivity contribution >= 4 is 37.6 Å². The van der Waals surface area contributed by atoms with Crippen molar-refractivity contribution in [1.29, 1.82) is 0 Å². The van der Waals surface area contributed by atoms with Crippen LogP contribution in [0.25, 0.3) is 0 Å². The Hall–Kier alpha value is -0.340. The Morgan fingerprint density at radius 1 is 1.42 bits per heavy atom. The lowest BCUT2D eigenvalue weighted by Gasteiger charge is -2.14. The van der Waals surface area contributed by atoms with Crippen molar-refractivity contribution in [1.82, 2.24) is 4.90 Å². The van der Waals surface area contributed by atoms with Gasteiger partial charge >= 0.3 is 0 Å². The molecule has 0 saturated heterocycles. The first-order valence-electron chi connectivity index (χ1n) is 5.51. The average Bonchev–Trinajstić information content (AvgIpc) is 2.24. The van der Waals surface area contributed by atoms with E-state index in [1.54, 1.807) is 6.07 Å². The van der Waals surface area contributed by atoms with Gasteiger partial charge in [-0.05, 0) is 32.6 Å². The highest BCUT2D eigenvalue weighted by molar-refractivity contribution is 9.10. The standard InChI is InChI=1S/C11H16BrClN2O3S/c1-15(2)4-3-5-18-11-9(13)6-8(12)7-10(11)19(14,16)17/h6-7H,3-5H2,1-2H3,(H2,14,16,17). The van der Waals surface area contributed by atoms with Gasteiger partial charge in [0.05, 0.1) is 11.6 Å². The number of hydrogen-bond acceptors (Lipinski definition) is 4. The summed E-state index contributed by atoms with van der Waals surface area (Å²) in [6, 6.07) is 2.94. The van der Waals surface area contributed by atoms with E-state index < -0.39 is 10.0 Å².